The smallest absolute Gasteiger partial charge is 0.172 e. The number of hydrogen-bond acceptors (Lipinski definition) is 6. The molecule has 148 valence electrons. The number of phenols is 1. The number of ether oxygens (including phenoxy) is 2. The Morgan fingerprint density at radius 2 is 1.75 bits per heavy atom. The van der Waals surface area contributed by atoms with E-state index >= 15 is 0 Å². The van der Waals surface area contributed by atoms with E-state index in [1.165, 1.54) is 25.2 Å². The molecule has 0 aliphatic heterocycles. The summed E-state index contributed by atoms with van der Waals surface area (Å²) in [7, 11) is 3.04. The van der Waals surface area contributed by atoms with Gasteiger partial charge in [-0.3, -0.25) is 5.41 Å². The number of nitrogens with one attached hydrogen (secondary N) is 1. The van der Waals surface area contributed by atoms with Crippen LogP contribution in [0.1, 0.15) is 31.9 Å². The molecule has 28 heavy (non-hydrogen) atoms. The van der Waals surface area contributed by atoms with E-state index in [4.69, 9.17) is 19.4 Å². The number of aliphatic hydroxyl groups is 1. The Kier molecular flexibility index (Phi) is 4.85. The Labute approximate surface area is 162 Å². The van der Waals surface area contributed by atoms with Crippen LogP contribution < -0.4 is 15.0 Å². The number of methoxy groups -OCH3 is 2. The first-order valence-corrected chi connectivity index (χ1v) is 8.72. The van der Waals surface area contributed by atoms with Gasteiger partial charge in [0.15, 0.2) is 22.6 Å². The van der Waals surface area contributed by atoms with Gasteiger partial charge >= 0.3 is 0 Å². The van der Waals surface area contributed by atoms with Crippen molar-refractivity contribution in [3.05, 3.63) is 46.9 Å². The first-order chi connectivity index (χ1) is 13.2. The van der Waals surface area contributed by atoms with E-state index in [9.17, 15) is 10.2 Å². The van der Waals surface area contributed by atoms with Gasteiger partial charge in [-0.05, 0) is 35.2 Å². The zero-order valence-electron chi connectivity index (χ0n) is 16.5. The van der Waals surface area contributed by atoms with E-state index in [1.807, 2.05) is 20.8 Å². The highest BCUT2D eigenvalue weighted by Crippen LogP contribution is 2.33. The van der Waals surface area contributed by atoms with Crippen molar-refractivity contribution in [2.75, 3.05) is 14.2 Å². The molecule has 0 fully saturated rings. The normalized spacial score (nSPS) is 12.4. The highest BCUT2D eigenvalue weighted by molar-refractivity contribution is 5.81. The highest BCUT2D eigenvalue weighted by atomic mass is 16.5. The van der Waals surface area contributed by atoms with Gasteiger partial charge in [-0.1, -0.05) is 20.8 Å². The van der Waals surface area contributed by atoms with Crippen molar-refractivity contribution in [1.82, 2.24) is 4.74 Å². The SMILES string of the molecule is COc1cc2on(C=C(O)c3ccc(O)c(C(C)(C)C)c3)c(=N)c2cc1OC. The molecule has 3 N–H and O–H groups in total. The summed E-state index contributed by atoms with van der Waals surface area (Å²) in [6.45, 7) is 5.93. The maximum absolute atomic E-state index is 10.6. The van der Waals surface area contributed by atoms with Crippen LogP contribution in [-0.4, -0.2) is 29.2 Å². The highest BCUT2D eigenvalue weighted by Gasteiger charge is 2.19. The second kappa shape index (κ2) is 6.99. The maximum Gasteiger partial charge on any atom is 0.172 e. The molecule has 0 spiro atoms. The maximum atomic E-state index is 10.6. The molecule has 0 radical (unpaired) electrons. The minimum absolute atomic E-state index is 0.0531. The molecule has 0 aliphatic carbocycles. The molecule has 3 aromatic rings. The van der Waals surface area contributed by atoms with E-state index in [2.05, 4.69) is 0 Å². The summed E-state index contributed by atoms with van der Waals surface area (Å²) in [5, 5.41) is 29.5. The van der Waals surface area contributed by atoms with Crippen molar-refractivity contribution in [2.24, 2.45) is 0 Å². The van der Waals surface area contributed by atoms with Crippen molar-refractivity contribution in [3.63, 3.8) is 0 Å². The third-order valence-corrected chi connectivity index (χ3v) is 4.50. The number of aromatic nitrogens is 1. The number of hydrogen-bond donors (Lipinski definition) is 3. The summed E-state index contributed by atoms with van der Waals surface area (Å²) >= 11 is 0. The fourth-order valence-electron chi connectivity index (χ4n) is 2.96. The molecular formula is C21H24N2O5. The molecule has 7 heteroatoms. The van der Waals surface area contributed by atoms with Crippen LogP contribution >= 0.6 is 0 Å². The van der Waals surface area contributed by atoms with Crippen LogP contribution in [-0.2, 0) is 5.41 Å². The molecule has 0 bridgehead atoms. The van der Waals surface area contributed by atoms with Crippen molar-refractivity contribution in [1.29, 1.82) is 5.41 Å². The number of nitrogens with zero attached hydrogens (tertiary/aromatic N) is 1. The number of rotatable bonds is 4. The lowest BCUT2D eigenvalue weighted by atomic mass is 9.85. The van der Waals surface area contributed by atoms with E-state index in [-0.39, 0.29) is 22.4 Å². The van der Waals surface area contributed by atoms with Gasteiger partial charge in [0.2, 0.25) is 0 Å². The van der Waals surface area contributed by atoms with Crippen LogP contribution in [0.15, 0.2) is 34.9 Å². The Morgan fingerprint density at radius 1 is 1.11 bits per heavy atom. The summed E-state index contributed by atoms with van der Waals surface area (Å²) < 4.78 is 17.4. The minimum Gasteiger partial charge on any atom is -0.508 e. The Balaban J connectivity index is 2.10. The standard InChI is InChI=1S/C21H24N2O5/c1-21(2,3)14-8-12(6-7-15(14)24)16(25)11-23-20(22)13-9-18(26-4)19(27-5)10-17(13)28-23/h6-11,22,24-25H,1-5H3. The van der Waals surface area contributed by atoms with E-state index in [0.717, 1.165) is 0 Å². The van der Waals surface area contributed by atoms with Crippen molar-refractivity contribution < 1.29 is 24.2 Å². The van der Waals surface area contributed by atoms with Crippen LogP contribution in [0, 0.1) is 5.41 Å². The monoisotopic (exact) mass is 384 g/mol. The second-order valence-electron chi connectivity index (χ2n) is 7.47. The second-order valence-corrected chi connectivity index (χ2v) is 7.47. The largest absolute Gasteiger partial charge is 0.508 e. The zero-order valence-corrected chi connectivity index (χ0v) is 16.5. The van der Waals surface area contributed by atoms with Crippen molar-refractivity contribution in [2.45, 2.75) is 26.2 Å². The molecular weight excluding hydrogens is 360 g/mol. The summed E-state index contributed by atoms with van der Waals surface area (Å²) in [6.07, 6.45) is 1.32. The number of aliphatic hydroxyl groups excluding tert-OH is 1. The van der Waals surface area contributed by atoms with Crippen LogP contribution in [0.4, 0.5) is 0 Å². The van der Waals surface area contributed by atoms with E-state index in [1.54, 1.807) is 30.3 Å². The quantitative estimate of drug-likeness (QED) is 0.584. The molecule has 1 heterocycles. The van der Waals surface area contributed by atoms with Crippen LogP contribution in [0.5, 0.6) is 17.2 Å². The van der Waals surface area contributed by atoms with Gasteiger partial charge in [-0.2, -0.15) is 4.74 Å². The molecule has 2 aromatic carbocycles. The van der Waals surface area contributed by atoms with Gasteiger partial charge in [0.05, 0.1) is 25.8 Å². The van der Waals surface area contributed by atoms with E-state index < -0.39 is 0 Å². The Bertz CT molecular complexity index is 1120. The van der Waals surface area contributed by atoms with E-state index in [0.29, 0.717) is 33.6 Å². The third kappa shape index (κ3) is 3.43. The minimum atomic E-state index is -0.291. The first-order valence-electron chi connectivity index (χ1n) is 8.72. The summed E-state index contributed by atoms with van der Waals surface area (Å²) in [6, 6.07) is 8.15. The lowest BCUT2D eigenvalue weighted by Crippen LogP contribution is -2.12. The molecule has 0 saturated carbocycles. The summed E-state index contributed by atoms with van der Waals surface area (Å²) in [5.74, 6) is 1.04. The molecule has 0 saturated heterocycles. The molecule has 7 nitrogen and oxygen atoms in total. The number of phenolic OH excluding ortho intramolecular Hbond substituents is 1. The Hall–Kier alpha value is -3.35. The Morgan fingerprint density at radius 3 is 2.36 bits per heavy atom. The molecule has 1 aromatic heterocycles. The van der Waals surface area contributed by atoms with Gasteiger partial charge in [0.25, 0.3) is 0 Å². The first kappa shape index (κ1) is 19.4. The van der Waals surface area contributed by atoms with Crippen molar-refractivity contribution in [3.8, 4) is 17.2 Å². The lowest BCUT2D eigenvalue weighted by Gasteiger charge is -2.21. The van der Waals surface area contributed by atoms with Gasteiger partial charge < -0.3 is 24.2 Å². The van der Waals surface area contributed by atoms with Gasteiger partial charge in [0, 0.05) is 11.6 Å². The molecule has 0 aliphatic rings. The van der Waals surface area contributed by atoms with Gasteiger partial charge in [0.1, 0.15) is 11.5 Å². The fraction of sp³-hybridized carbons (Fsp3) is 0.286. The summed E-state index contributed by atoms with van der Waals surface area (Å²) in [5.41, 5.74) is 1.40. The van der Waals surface area contributed by atoms with Crippen LogP contribution in [0.3, 0.4) is 0 Å². The summed E-state index contributed by atoms with van der Waals surface area (Å²) in [4.78, 5) is 0. The average molecular weight is 384 g/mol. The average Bonchev–Trinajstić information content (AvgIpc) is 2.94. The van der Waals surface area contributed by atoms with Crippen LogP contribution in [0.2, 0.25) is 0 Å². The van der Waals surface area contributed by atoms with Crippen molar-refractivity contribution >= 4 is 22.9 Å². The number of aromatic hydroxyl groups is 1. The number of fused-ring (bicyclic) bond motifs is 1. The molecule has 0 atom stereocenters. The molecule has 0 unspecified atom stereocenters. The lowest BCUT2D eigenvalue weighted by molar-refractivity contribution is 0.352. The predicted octanol–water partition coefficient (Wildman–Crippen LogP) is 4.25. The number of benzene rings is 2. The third-order valence-electron chi connectivity index (χ3n) is 4.50. The van der Waals surface area contributed by atoms with Gasteiger partial charge in [-0.25, -0.2) is 0 Å². The zero-order chi connectivity index (χ0) is 20.6. The van der Waals surface area contributed by atoms with Crippen LogP contribution in [0.25, 0.3) is 22.9 Å². The van der Waals surface area contributed by atoms with Gasteiger partial charge in [-0.15, -0.1) is 0 Å². The molecule has 0 amide bonds. The topological polar surface area (TPSA) is 101 Å². The fourth-order valence-corrected chi connectivity index (χ4v) is 2.96. The molecule has 3 rings (SSSR count). The predicted molar refractivity (Wildman–Crippen MR) is 107 cm³/mol.